The summed E-state index contributed by atoms with van der Waals surface area (Å²) >= 11 is 0. The van der Waals surface area contributed by atoms with Gasteiger partial charge in [-0.15, -0.1) is 0 Å². The Balaban J connectivity index is 2.21. The highest BCUT2D eigenvalue weighted by atomic mass is 19.4. The van der Waals surface area contributed by atoms with E-state index in [4.69, 9.17) is 9.84 Å². The molecule has 0 saturated heterocycles. The summed E-state index contributed by atoms with van der Waals surface area (Å²) in [4.78, 5) is 23.0. The van der Waals surface area contributed by atoms with Crippen LogP contribution in [0.5, 0.6) is 5.75 Å². The Hall–Kier alpha value is -3.03. The fourth-order valence-electron chi connectivity index (χ4n) is 2.03. The molecule has 132 valence electrons. The van der Waals surface area contributed by atoms with Crippen LogP contribution >= 0.6 is 0 Å². The predicted octanol–water partition coefficient (Wildman–Crippen LogP) is 3.81. The van der Waals surface area contributed by atoms with Crippen molar-refractivity contribution in [1.29, 1.82) is 0 Å². The van der Waals surface area contributed by atoms with E-state index in [1.807, 2.05) is 0 Å². The van der Waals surface area contributed by atoms with Crippen molar-refractivity contribution in [1.82, 2.24) is 0 Å². The molecular formula is C17H14F3NO4. The summed E-state index contributed by atoms with van der Waals surface area (Å²) in [6.07, 6.45) is -5.77. The first-order valence-electron chi connectivity index (χ1n) is 7.15. The number of anilines is 1. The van der Waals surface area contributed by atoms with Gasteiger partial charge >= 0.3 is 12.1 Å². The topological polar surface area (TPSA) is 75.6 Å². The largest absolute Gasteiger partial charge is 0.479 e. The molecule has 2 rings (SSSR count). The summed E-state index contributed by atoms with van der Waals surface area (Å²) in [6, 6.07) is 10.2. The number of ether oxygens (including phenoxy) is 1. The average Bonchev–Trinajstić information content (AvgIpc) is 2.54. The van der Waals surface area contributed by atoms with Crippen LogP contribution in [-0.4, -0.2) is 23.1 Å². The molecule has 0 aliphatic heterocycles. The number of hydrogen-bond acceptors (Lipinski definition) is 3. The van der Waals surface area contributed by atoms with Crippen LogP contribution in [-0.2, 0) is 11.0 Å². The van der Waals surface area contributed by atoms with Gasteiger partial charge in [-0.3, -0.25) is 4.79 Å². The van der Waals surface area contributed by atoms with E-state index in [0.29, 0.717) is 0 Å². The number of halogens is 3. The fourth-order valence-corrected chi connectivity index (χ4v) is 2.03. The summed E-state index contributed by atoms with van der Waals surface area (Å²) in [5.74, 6) is -1.94. The lowest BCUT2D eigenvalue weighted by atomic mass is 10.1. The SMILES string of the molecule is CC(Oc1cccc(NC(=O)c2ccccc2C(F)(F)F)c1)C(=O)O. The van der Waals surface area contributed by atoms with Gasteiger partial charge < -0.3 is 15.2 Å². The number of aliphatic carboxylic acids is 1. The number of carboxylic acid groups (broad SMARTS) is 1. The second-order valence-corrected chi connectivity index (χ2v) is 5.12. The first-order chi connectivity index (χ1) is 11.7. The number of rotatable bonds is 5. The molecular weight excluding hydrogens is 339 g/mol. The number of alkyl halides is 3. The molecule has 25 heavy (non-hydrogen) atoms. The van der Waals surface area contributed by atoms with E-state index in [9.17, 15) is 22.8 Å². The second kappa shape index (κ2) is 7.25. The van der Waals surface area contributed by atoms with Gasteiger partial charge in [0.05, 0.1) is 11.1 Å². The maximum absolute atomic E-state index is 13.0. The van der Waals surface area contributed by atoms with E-state index < -0.39 is 35.3 Å². The predicted molar refractivity (Wildman–Crippen MR) is 83.6 cm³/mol. The lowest BCUT2D eigenvalue weighted by molar-refractivity contribution is -0.144. The molecule has 1 amide bonds. The molecule has 0 aliphatic carbocycles. The van der Waals surface area contributed by atoms with Gasteiger partial charge in [0.1, 0.15) is 5.75 Å². The van der Waals surface area contributed by atoms with Crippen LogP contribution in [0.1, 0.15) is 22.8 Å². The highest BCUT2D eigenvalue weighted by Crippen LogP contribution is 2.32. The molecule has 2 N–H and O–H groups in total. The number of amides is 1. The maximum atomic E-state index is 13.0. The van der Waals surface area contributed by atoms with Crippen molar-refractivity contribution in [2.75, 3.05) is 5.32 Å². The van der Waals surface area contributed by atoms with Crippen molar-refractivity contribution in [2.45, 2.75) is 19.2 Å². The van der Waals surface area contributed by atoms with Crippen molar-refractivity contribution >= 4 is 17.6 Å². The minimum atomic E-state index is -4.66. The Labute approximate surface area is 141 Å². The Morgan fingerprint density at radius 3 is 2.44 bits per heavy atom. The minimum Gasteiger partial charge on any atom is -0.479 e. The van der Waals surface area contributed by atoms with E-state index in [1.54, 1.807) is 0 Å². The Bertz CT molecular complexity index is 789. The molecule has 2 aromatic rings. The molecule has 0 bridgehead atoms. The van der Waals surface area contributed by atoms with Gasteiger partial charge in [0.2, 0.25) is 0 Å². The second-order valence-electron chi connectivity index (χ2n) is 5.12. The monoisotopic (exact) mass is 353 g/mol. The van der Waals surface area contributed by atoms with Crippen LogP contribution in [0.25, 0.3) is 0 Å². The zero-order valence-corrected chi connectivity index (χ0v) is 13.0. The summed E-state index contributed by atoms with van der Waals surface area (Å²) in [5, 5.41) is 11.2. The maximum Gasteiger partial charge on any atom is 0.417 e. The van der Waals surface area contributed by atoms with E-state index in [2.05, 4.69) is 5.32 Å². The van der Waals surface area contributed by atoms with E-state index in [-0.39, 0.29) is 11.4 Å². The molecule has 5 nitrogen and oxygen atoms in total. The molecule has 0 heterocycles. The zero-order valence-electron chi connectivity index (χ0n) is 13.0. The number of carbonyl (C=O) groups is 2. The van der Waals surface area contributed by atoms with Gasteiger partial charge in [-0.1, -0.05) is 18.2 Å². The summed E-state index contributed by atoms with van der Waals surface area (Å²) in [6.45, 7) is 1.33. The van der Waals surface area contributed by atoms with Crippen molar-refractivity contribution in [3.8, 4) is 5.75 Å². The molecule has 0 radical (unpaired) electrons. The quantitative estimate of drug-likeness (QED) is 0.857. The zero-order chi connectivity index (χ0) is 18.6. The molecule has 8 heteroatoms. The number of carboxylic acids is 1. The first kappa shape index (κ1) is 18.3. The Kier molecular flexibility index (Phi) is 5.31. The molecule has 0 spiro atoms. The third kappa shape index (κ3) is 4.72. The third-order valence-corrected chi connectivity index (χ3v) is 3.23. The van der Waals surface area contributed by atoms with Gasteiger partial charge in [-0.2, -0.15) is 13.2 Å². The Morgan fingerprint density at radius 1 is 1.12 bits per heavy atom. The van der Waals surface area contributed by atoms with Crippen LogP contribution in [0.3, 0.4) is 0 Å². The van der Waals surface area contributed by atoms with Gasteiger partial charge in [0.15, 0.2) is 6.10 Å². The molecule has 1 atom stereocenters. The highest BCUT2D eigenvalue weighted by Gasteiger charge is 2.34. The van der Waals surface area contributed by atoms with E-state index in [1.165, 1.54) is 43.3 Å². The smallest absolute Gasteiger partial charge is 0.417 e. The molecule has 0 saturated carbocycles. The summed E-state index contributed by atoms with van der Waals surface area (Å²) < 4.78 is 44.1. The van der Waals surface area contributed by atoms with E-state index in [0.717, 1.165) is 12.1 Å². The molecule has 2 aromatic carbocycles. The number of carbonyl (C=O) groups excluding carboxylic acids is 1. The number of benzene rings is 2. The molecule has 0 aromatic heterocycles. The van der Waals surface area contributed by atoms with Crippen molar-refractivity contribution in [3.63, 3.8) is 0 Å². The van der Waals surface area contributed by atoms with Gasteiger partial charge in [-0.05, 0) is 31.2 Å². The van der Waals surface area contributed by atoms with Crippen molar-refractivity contribution in [3.05, 3.63) is 59.7 Å². The summed E-state index contributed by atoms with van der Waals surface area (Å²) in [5.41, 5.74) is -1.38. The minimum absolute atomic E-state index is 0.164. The molecule has 1 unspecified atom stereocenters. The van der Waals surface area contributed by atoms with Crippen molar-refractivity contribution in [2.24, 2.45) is 0 Å². The first-order valence-corrected chi connectivity index (χ1v) is 7.15. The summed E-state index contributed by atoms with van der Waals surface area (Å²) in [7, 11) is 0. The fraction of sp³-hybridized carbons (Fsp3) is 0.176. The standard InChI is InChI=1S/C17H14F3NO4/c1-10(16(23)24)25-12-6-4-5-11(9-12)21-15(22)13-7-2-3-8-14(13)17(18,19)20/h2-10H,1H3,(H,21,22)(H,23,24). The van der Waals surface area contributed by atoms with Crippen LogP contribution in [0, 0.1) is 0 Å². The normalized spacial score (nSPS) is 12.3. The lowest BCUT2D eigenvalue weighted by Crippen LogP contribution is -2.23. The van der Waals surface area contributed by atoms with Gasteiger partial charge in [0.25, 0.3) is 5.91 Å². The van der Waals surface area contributed by atoms with Crippen LogP contribution in [0.15, 0.2) is 48.5 Å². The van der Waals surface area contributed by atoms with E-state index >= 15 is 0 Å². The molecule has 0 aliphatic rings. The highest BCUT2D eigenvalue weighted by molar-refractivity contribution is 6.05. The van der Waals surface area contributed by atoms with Crippen LogP contribution < -0.4 is 10.1 Å². The van der Waals surface area contributed by atoms with Gasteiger partial charge in [-0.25, -0.2) is 4.79 Å². The number of nitrogens with one attached hydrogen (secondary N) is 1. The van der Waals surface area contributed by atoms with Gasteiger partial charge in [0, 0.05) is 11.8 Å². The molecule has 0 fully saturated rings. The number of hydrogen-bond donors (Lipinski definition) is 2. The van der Waals surface area contributed by atoms with Crippen LogP contribution in [0.4, 0.5) is 18.9 Å². The van der Waals surface area contributed by atoms with Crippen LogP contribution in [0.2, 0.25) is 0 Å². The lowest BCUT2D eigenvalue weighted by Gasteiger charge is -2.14. The Morgan fingerprint density at radius 2 is 1.80 bits per heavy atom. The van der Waals surface area contributed by atoms with Crippen molar-refractivity contribution < 1.29 is 32.6 Å². The average molecular weight is 353 g/mol. The third-order valence-electron chi connectivity index (χ3n) is 3.23.